The molecule has 2 atom stereocenters. The molecule has 0 aliphatic heterocycles. The number of benzene rings is 1. The maximum Gasteiger partial charge on any atom is 0.0927 e. The van der Waals surface area contributed by atoms with Gasteiger partial charge in [-0.1, -0.05) is 61.1 Å². The van der Waals surface area contributed by atoms with E-state index in [-0.39, 0.29) is 5.92 Å². The van der Waals surface area contributed by atoms with E-state index in [1.54, 1.807) is 24.3 Å². The average molecular weight is 289 g/mol. The molecular weight excluding hydrogens is 266 g/mol. The van der Waals surface area contributed by atoms with Crippen molar-refractivity contribution in [2.75, 3.05) is 0 Å². The van der Waals surface area contributed by atoms with Crippen LogP contribution < -0.4 is 0 Å². The van der Waals surface area contributed by atoms with Crippen LogP contribution in [0.5, 0.6) is 0 Å². The lowest BCUT2D eigenvalue weighted by molar-refractivity contribution is 0.0183. The molecule has 20 heavy (non-hydrogen) atoms. The van der Waals surface area contributed by atoms with Crippen LogP contribution in [-0.2, 0) is 5.60 Å². The largest absolute Gasteiger partial charge is 0.385 e. The van der Waals surface area contributed by atoms with Crippen LogP contribution in [0.1, 0.15) is 19.4 Å². The van der Waals surface area contributed by atoms with Gasteiger partial charge in [0.15, 0.2) is 0 Å². The Hall–Kier alpha value is -1.55. The molecule has 0 aliphatic rings. The van der Waals surface area contributed by atoms with Crippen molar-refractivity contribution in [3.05, 3.63) is 52.0 Å². The van der Waals surface area contributed by atoms with E-state index in [1.165, 1.54) is 0 Å². The monoisotopic (exact) mass is 289 g/mol. The molecule has 0 fully saturated rings. The van der Waals surface area contributed by atoms with Gasteiger partial charge in [-0.25, -0.2) is 0 Å². The molecule has 0 saturated heterocycles. The average Bonchev–Trinajstić information content (AvgIpc) is 2.37. The fraction of sp³-hybridized carbons (Fsp3) is 0.467. The van der Waals surface area contributed by atoms with Gasteiger partial charge in [0.05, 0.1) is 13.7 Å². The summed E-state index contributed by atoms with van der Waals surface area (Å²) in [6.45, 7) is 14.7. The predicted octanol–water partition coefficient (Wildman–Crippen LogP) is 4.91. The summed E-state index contributed by atoms with van der Waals surface area (Å²) in [7, 11) is -1.51. The Labute approximate surface area is 121 Å². The predicted molar refractivity (Wildman–Crippen MR) is 86.5 cm³/mol. The summed E-state index contributed by atoms with van der Waals surface area (Å²) in [6, 6.07) is 7.04. The van der Waals surface area contributed by atoms with Gasteiger partial charge in [-0.05, 0) is 18.0 Å². The first-order valence-electron chi connectivity index (χ1n) is 6.68. The minimum atomic E-state index is -1.51. The molecule has 0 spiro atoms. The molecule has 0 saturated carbocycles. The van der Waals surface area contributed by atoms with Crippen LogP contribution in [0.4, 0.5) is 5.69 Å². The number of azide groups is 1. The summed E-state index contributed by atoms with van der Waals surface area (Å²) >= 11 is 0. The molecule has 0 radical (unpaired) electrons. The molecule has 5 heteroatoms. The molecule has 1 rings (SSSR count). The second-order valence-electron chi connectivity index (χ2n) is 6.38. The molecule has 1 aromatic rings. The zero-order valence-corrected chi connectivity index (χ0v) is 13.9. The van der Waals surface area contributed by atoms with Crippen LogP contribution in [-0.4, -0.2) is 13.2 Å². The quantitative estimate of drug-likeness (QED) is 0.356. The van der Waals surface area contributed by atoms with Gasteiger partial charge in [-0.15, -0.1) is 6.58 Å². The van der Waals surface area contributed by atoms with E-state index < -0.39 is 13.7 Å². The van der Waals surface area contributed by atoms with Crippen molar-refractivity contribution in [2.24, 2.45) is 11.0 Å². The normalized spacial score (nSPS) is 15.9. The number of hydrogen-bond acceptors (Lipinski definition) is 2. The van der Waals surface area contributed by atoms with Crippen LogP contribution in [0, 0.1) is 5.92 Å². The molecule has 4 nitrogen and oxygen atoms in total. The first-order valence-corrected chi connectivity index (χ1v) is 10.2. The summed E-state index contributed by atoms with van der Waals surface area (Å²) in [6.07, 6.45) is 0. The lowest BCUT2D eigenvalue weighted by Crippen LogP contribution is -2.38. The zero-order valence-electron chi connectivity index (χ0n) is 12.9. The minimum Gasteiger partial charge on any atom is -0.385 e. The van der Waals surface area contributed by atoms with Gasteiger partial charge in [0.25, 0.3) is 0 Å². The minimum absolute atomic E-state index is 0.0283. The molecule has 0 unspecified atom stereocenters. The highest BCUT2D eigenvalue weighted by Gasteiger charge is 2.36. The van der Waals surface area contributed by atoms with Crippen molar-refractivity contribution in [3.8, 4) is 0 Å². The molecule has 0 aliphatic carbocycles. The van der Waals surface area contributed by atoms with E-state index in [0.29, 0.717) is 5.69 Å². The van der Waals surface area contributed by atoms with Crippen LogP contribution >= 0.6 is 0 Å². The summed E-state index contributed by atoms with van der Waals surface area (Å²) < 4.78 is 0. The smallest absolute Gasteiger partial charge is 0.0927 e. The third-order valence-corrected chi connectivity index (χ3v) is 6.30. The molecule has 0 aromatic heterocycles. The molecule has 0 bridgehead atoms. The van der Waals surface area contributed by atoms with E-state index in [2.05, 4.69) is 36.2 Å². The second kappa shape index (κ2) is 5.83. The van der Waals surface area contributed by atoms with Gasteiger partial charge in [0.1, 0.15) is 0 Å². The molecular formula is C15H23N3OSi. The zero-order chi connectivity index (χ0) is 15.6. The lowest BCUT2D eigenvalue weighted by Gasteiger charge is -2.36. The fourth-order valence-corrected chi connectivity index (χ4v) is 3.74. The van der Waals surface area contributed by atoms with E-state index in [9.17, 15) is 5.11 Å². The molecule has 0 heterocycles. The van der Waals surface area contributed by atoms with Crippen molar-refractivity contribution < 1.29 is 5.11 Å². The second-order valence-corrected chi connectivity index (χ2v) is 11.5. The topological polar surface area (TPSA) is 69.0 Å². The maximum atomic E-state index is 10.9. The van der Waals surface area contributed by atoms with E-state index >= 15 is 0 Å². The van der Waals surface area contributed by atoms with Crippen LogP contribution in [0.15, 0.2) is 41.2 Å². The molecule has 0 amide bonds. The lowest BCUT2D eigenvalue weighted by atomic mass is 9.84. The van der Waals surface area contributed by atoms with Crippen molar-refractivity contribution in [1.29, 1.82) is 0 Å². The van der Waals surface area contributed by atoms with E-state index in [4.69, 9.17) is 5.53 Å². The highest BCUT2D eigenvalue weighted by Crippen LogP contribution is 2.37. The van der Waals surface area contributed by atoms with Crippen LogP contribution in [0.25, 0.3) is 10.4 Å². The molecule has 1 aromatic carbocycles. The summed E-state index contributed by atoms with van der Waals surface area (Å²) in [5.41, 5.74) is 8.77. The maximum absolute atomic E-state index is 10.9. The van der Waals surface area contributed by atoms with Crippen molar-refractivity contribution >= 4 is 13.8 Å². The Bertz CT molecular complexity index is 537. The van der Waals surface area contributed by atoms with E-state index in [0.717, 1.165) is 10.8 Å². The first-order chi connectivity index (χ1) is 9.10. The fourth-order valence-electron chi connectivity index (χ4n) is 2.16. The van der Waals surface area contributed by atoms with Gasteiger partial charge in [-0.3, -0.25) is 0 Å². The Morgan fingerprint density at radius 2 is 1.85 bits per heavy atom. The number of hydrogen-bond donors (Lipinski definition) is 1. The van der Waals surface area contributed by atoms with Gasteiger partial charge in [0.2, 0.25) is 0 Å². The highest BCUT2D eigenvalue weighted by atomic mass is 28.3. The number of nitrogens with zero attached hydrogens (tertiary/aromatic N) is 3. The van der Waals surface area contributed by atoms with Crippen LogP contribution in [0.3, 0.4) is 0 Å². The third kappa shape index (κ3) is 3.51. The van der Waals surface area contributed by atoms with Crippen molar-refractivity contribution in [1.82, 2.24) is 0 Å². The highest BCUT2D eigenvalue weighted by molar-refractivity contribution is 6.83. The first kappa shape index (κ1) is 16.5. The Morgan fingerprint density at radius 1 is 1.35 bits per heavy atom. The van der Waals surface area contributed by atoms with Crippen molar-refractivity contribution in [2.45, 2.75) is 39.1 Å². The Balaban J connectivity index is 3.09. The Kier molecular flexibility index (Phi) is 4.81. The van der Waals surface area contributed by atoms with Gasteiger partial charge in [0, 0.05) is 16.5 Å². The summed E-state index contributed by atoms with van der Waals surface area (Å²) in [5, 5.41) is 15.5. The van der Waals surface area contributed by atoms with Gasteiger partial charge >= 0.3 is 0 Å². The molecule has 1 N–H and O–H groups in total. The standard InChI is InChI=1S/C15H23N3OSi/c1-11(12(2)20(4,5)6)15(3,19)13-7-9-14(10-8-13)17-18-16/h7-11,19H,2H2,1,3-6H3/t11-,15+/m1/s1. The summed E-state index contributed by atoms with van der Waals surface area (Å²) in [4.78, 5) is 2.75. The van der Waals surface area contributed by atoms with Gasteiger partial charge < -0.3 is 5.11 Å². The number of rotatable bonds is 5. The Morgan fingerprint density at radius 3 is 2.25 bits per heavy atom. The van der Waals surface area contributed by atoms with Gasteiger partial charge in [-0.2, -0.15) is 0 Å². The summed E-state index contributed by atoms with van der Waals surface area (Å²) in [5.74, 6) is -0.0283. The van der Waals surface area contributed by atoms with Crippen LogP contribution in [0.2, 0.25) is 19.6 Å². The van der Waals surface area contributed by atoms with E-state index in [1.807, 2.05) is 13.8 Å². The third-order valence-electron chi connectivity index (χ3n) is 3.94. The molecule has 108 valence electrons. The SMILES string of the molecule is C=C([C@@H](C)[C@](C)(O)c1ccc(N=[N+]=[N-])cc1)[Si](C)(C)C. The van der Waals surface area contributed by atoms with Crippen molar-refractivity contribution in [3.63, 3.8) is 0 Å². The number of aliphatic hydroxyl groups is 1.